The number of benzene rings is 1. The molecule has 3 unspecified atom stereocenters. The van der Waals surface area contributed by atoms with Gasteiger partial charge in [-0.15, -0.1) is 0 Å². The van der Waals surface area contributed by atoms with Crippen molar-refractivity contribution in [1.29, 1.82) is 0 Å². The van der Waals surface area contributed by atoms with E-state index < -0.39 is 0 Å². The number of rotatable bonds is 6. The van der Waals surface area contributed by atoms with Crippen LogP contribution in [0.1, 0.15) is 63.5 Å². The fraction of sp³-hybridized carbons (Fsp3) is 0.684. The van der Waals surface area contributed by atoms with Crippen LogP contribution in [0.25, 0.3) is 0 Å². The van der Waals surface area contributed by atoms with Gasteiger partial charge in [-0.1, -0.05) is 56.0 Å². The molecule has 1 N–H and O–H groups in total. The van der Waals surface area contributed by atoms with Crippen LogP contribution in [0.4, 0.5) is 0 Å². The zero-order valence-electron chi connectivity index (χ0n) is 13.5. The Morgan fingerprint density at radius 2 is 2.05 bits per heavy atom. The van der Waals surface area contributed by atoms with Crippen molar-refractivity contribution in [1.82, 2.24) is 5.32 Å². The number of nitrogens with one attached hydrogen (secondary N) is 1. The number of hydrogen-bond donors (Lipinski definition) is 1. The van der Waals surface area contributed by atoms with Crippen molar-refractivity contribution >= 4 is 0 Å². The molecule has 1 saturated carbocycles. The first-order chi connectivity index (χ1) is 9.69. The molecule has 0 radical (unpaired) electrons. The minimum atomic E-state index is 0.632. The zero-order chi connectivity index (χ0) is 14.4. The molecule has 3 atom stereocenters. The highest BCUT2D eigenvalue weighted by molar-refractivity contribution is 5.22. The minimum Gasteiger partial charge on any atom is -0.311 e. The van der Waals surface area contributed by atoms with Crippen LogP contribution in [0.3, 0.4) is 0 Å². The summed E-state index contributed by atoms with van der Waals surface area (Å²) in [4.78, 5) is 0. The van der Waals surface area contributed by atoms with E-state index in [-0.39, 0.29) is 0 Å². The fourth-order valence-corrected chi connectivity index (χ4v) is 3.62. The van der Waals surface area contributed by atoms with Gasteiger partial charge in [0.1, 0.15) is 0 Å². The molecule has 112 valence electrons. The third-order valence-corrected chi connectivity index (χ3v) is 4.88. The van der Waals surface area contributed by atoms with Crippen LogP contribution in [0, 0.1) is 12.8 Å². The second kappa shape index (κ2) is 7.83. The van der Waals surface area contributed by atoms with Gasteiger partial charge in [-0.25, -0.2) is 0 Å². The van der Waals surface area contributed by atoms with Gasteiger partial charge in [0, 0.05) is 12.1 Å². The second-order valence-corrected chi connectivity index (χ2v) is 6.65. The lowest BCUT2D eigenvalue weighted by atomic mass is 9.82. The van der Waals surface area contributed by atoms with E-state index in [2.05, 4.69) is 50.4 Å². The largest absolute Gasteiger partial charge is 0.311 e. The van der Waals surface area contributed by atoms with Gasteiger partial charge in [-0.3, -0.25) is 0 Å². The molecule has 1 aromatic rings. The van der Waals surface area contributed by atoms with Crippen LogP contribution in [0.5, 0.6) is 0 Å². The lowest BCUT2D eigenvalue weighted by Gasteiger charge is -2.34. The van der Waals surface area contributed by atoms with Crippen molar-refractivity contribution < 1.29 is 0 Å². The standard InChI is InChI=1S/C19H31N/c1-4-18-10-5-6-11-19(18)20-16(3)12-13-17-9-7-8-15(2)14-17/h7-9,14,16,18-20H,4-6,10-13H2,1-3H3. The number of aryl methyl sites for hydroxylation is 2. The van der Waals surface area contributed by atoms with Gasteiger partial charge in [-0.2, -0.15) is 0 Å². The molecule has 1 aromatic carbocycles. The summed E-state index contributed by atoms with van der Waals surface area (Å²) in [6, 6.07) is 10.3. The lowest BCUT2D eigenvalue weighted by Crippen LogP contribution is -2.43. The van der Waals surface area contributed by atoms with E-state index in [1.54, 1.807) is 0 Å². The van der Waals surface area contributed by atoms with Crippen LogP contribution in [-0.2, 0) is 6.42 Å². The average molecular weight is 273 g/mol. The average Bonchev–Trinajstić information content (AvgIpc) is 2.46. The normalized spacial score (nSPS) is 24.6. The van der Waals surface area contributed by atoms with Crippen molar-refractivity contribution in [3.8, 4) is 0 Å². The van der Waals surface area contributed by atoms with E-state index in [4.69, 9.17) is 0 Å². The molecular formula is C19H31N. The Morgan fingerprint density at radius 1 is 1.25 bits per heavy atom. The van der Waals surface area contributed by atoms with Crippen molar-refractivity contribution in [2.75, 3.05) is 0 Å². The second-order valence-electron chi connectivity index (χ2n) is 6.65. The van der Waals surface area contributed by atoms with E-state index in [1.807, 2.05) is 0 Å². The molecule has 1 aliphatic carbocycles. The van der Waals surface area contributed by atoms with Gasteiger partial charge < -0.3 is 5.32 Å². The van der Waals surface area contributed by atoms with Crippen LogP contribution in [-0.4, -0.2) is 12.1 Å². The summed E-state index contributed by atoms with van der Waals surface area (Å²) in [6.07, 6.45) is 9.44. The van der Waals surface area contributed by atoms with Crippen molar-refractivity contribution in [3.63, 3.8) is 0 Å². The molecule has 1 heteroatoms. The maximum atomic E-state index is 3.90. The maximum Gasteiger partial charge on any atom is 0.00977 e. The SMILES string of the molecule is CCC1CCCCC1NC(C)CCc1cccc(C)c1. The highest BCUT2D eigenvalue weighted by Gasteiger charge is 2.24. The van der Waals surface area contributed by atoms with Crippen LogP contribution in [0.15, 0.2) is 24.3 Å². The van der Waals surface area contributed by atoms with Gasteiger partial charge in [0.2, 0.25) is 0 Å². The smallest absolute Gasteiger partial charge is 0.00977 e. The van der Waals surface area contributed by atoms with E-state index in [0.29, 0.717) is 6.04 Å². The number of hydrogen-bond acceptors (Lipinski definition) is 1. The summed E-state index contributed by atoms with van der Waals surface area (Å²) in [5.74, 6) is 0.908. The summed E-state index contributed by atoms with van der Waals surface area (Å²) in [7, 11) is 0. The molecule has 1 fully saturated rings. The molecule has 0 aliphatic heterocycles. The predicted octanol–water partition coefficient (Wildman–Crippen LogP) is 4.87. The summed E-state index contributed by atoms with van der Waals surface area (Å²) in [5, 5.41) is 3.90. The minimum absolute atomic E-state index is 0.632. The fourth-order valence-electron chi connectivity index (χ4n) is 3.62. The van der Waals surface area contributed by atoms with E-state index in [1.165, 1.54) is 56.1 Å². The lowest BCUT2D eigenvalue weighted by molar-refractivity contribution is 0.237. The van der Waals surface area contributed by atoms with Crippen molar-refractivity contribution in [3.05, 3.63) is 35.4 Å². The molecule has 0 saturated heterocycles. The predicted molar refractivity (Wildman–Crippen MR) is 88.1 cm³/mol. The van der Waals surface area contributed by atoms with Gasteiger partial charge in [0.25, 0.3) is 0 Å². The molecule has 0 heterocycles. The van der Waals surface area contributed by atoms with E-state index in [0.717, 1.165) is 12.0 Å². The first kappa shape index (κ1) is 15.6. The molecule has 2 rings (SSSR count). The van der Waals surface area contributed by atoms with Gasteiger partial charge in [-0.05, 0) is 51.0 Å². The molecular weight excluding hydrogens is 242 g/mol. The molecule has 1 aliphatic rings. The summed E-state index contributed by atoms with van der Waals surface area (Å²) in [5.41, 5.74) is 2.86. The molecule has 0 spiro atoms. The van der Waals surface area contributed by atoms with Gasteiger partial charge in [0.15, 0.2) is 0 Å². The Bertz CT molecular complexity index is 399. The molecule has 20 heavy (non-hydrogen) atoms. The van der Waals surface area contributed by atoms with Crippen molar-refractivity contribution in [2.24, 2.45) is 5.92 Å². The Morgan fingerprint density at radius 3 is 2.80 bits per heavy atom. The first-order valence-corrected chi connectivity index (χ1v) is 8.50. The highest BCUT2D eigenvalue weighted by atomic mass is 15.0. The van der Waals surface area contributed by atoms with E-state index >= 15 is 0 Å². The molecule has 1 nitrogen and oxygen atoms in total. The van der Waals surface area contributed by atoms with E-state index in [9.17, 15) is 0 Å². The monoisotopic (exact) mass is 273 g/mol. The van der Waals surface area contributed by atoms with Crippen LogP contribution >= 0.6 is 0 Å². The Hall–Kier alpha value is -0.820. The van der Waals surface area contributed by atoms with Crippen molar-refractivity contribution in [2.45, 2.75) is 77.8 Å². The molecule has 0 aromatic heterocycles. The van der Waals surface area contributed by atoms with Gasteiger partial charge >= 0.3 is 0 Å². The summed E-state index contributed by atoms with van der Waals surface area (Å²) in [6.45, 7) is 6.89. The van der Waals surface area contributed by atoms with Crippen LogP contribution < -0.4 is 5.32 Å². The molecule has 0 bridgehead atoms. The highest BCUT2D eigenvalue weighted by Crippen LogP contribution is 2.27. The maximum absolute atomic E-state index is 3.90. The van der Waals surface area contributed by atoms with Gasteiger partial charge in [0.05, 0.1) is 0 Å². The Labute approximate surface area is 125 Å². The Balaban J connectivity index is 1.78. The Kier molecular flexibility index (Phi) is 6.09. The quantitative estimate of drug-likeness (QED) is 0.779. The summed E-state index contributed by atoms with van der Waals surface area (Å²) < 4.78 is 0. The summed E-state index contributed by atoms with van der Waals surface area (Å²) >= 11 is 0. The first-order valence-electron chi connectivity index (χ1n) is 8.50. The zero-order valence-corrected chi connectivity index (χ0v) is 13.5. The third-order valence-electron chi connectivity index (χ3n) is 4.88. The van der Waals surface area contributed by atoms with Crippen LogP contribution in [0.2, 0.25) is 0 Å². The topological polar surface area (TPSA) is 12.0 Å². The third kappa shape index (κ3) is 4.63. The molecule has 0 amide bonds.